The van der Waals surface area contributed by atoms with Gasteiger partial charge < -0.3 is 5.73 Å². The van der Waals surface area contributed by atoms with Crippen molar-refractivity contribution in [2.45, 2.75) is 49.4 Å². The molecule has 3 nitrogen and oxygen atoms in total. The van der Waals surface area contributed by atoms with Crippen LogP contribution in [0.2, 0.25) is 10.0 Å². The Labute approximate surface area is 178 Å². The SMILES string of the molecule is N#CC1(c2cc(F)ccc2Cl)CCC1.NC(=O)C1(c2cc(F)ccc2Cl)CCC1. The first kappa shape index (κ1) is 21.5. The molecule has 0 aliphatic heterocycles. The summed E-state index contributed by atoms with van der Waals surface area (Å²) in [6.07, 6.45) is 4.83. The van der Waals surface area contributed by atoms with E-state index < -0.39 is 16.7 Å². The second-order valence-electron chi connectivity index (χ2n) is 7.60. The van der Waals surface area contributed by atoms with Gasteiger partial charge in [0.25, 0.3) is 0 Å². The molecule has 29 heavy (non-hydrogen) atoms. The van der Waals surface area contributed by atoms with Crippen LogP contribution in [0.4, 0.5) is 8.78 Å². The van der Waals surface area contributed by atoms with E-state index in [1.165, 1.54) is 36.4 Å². The van der Waals surface area contributed by atoms with Crippen molar-refractivity contribution in [1.29, 1.82) is 5.26 Å². The van der Waals surface area contributed by atoms with E-state index in [0.29, 0.717) is 34.0 Å². The van der Waals surface area contributed by atoms with Gasteiger partial charge >= 0.3 is 0 Å². The van der Waals surface area contributed by atoms with Gasteiger partial charge in [0.2, 0.25) is 5.91 Å². The van der Waals surface area contributed by atoms with Gasteiger partial charge in [-0.2, -0.15) is 5.26 Å². The van der Waals surface area contributed by atoms with Crippen molar-refractivity contribution in [1.82, 2.24) is 0 Å². The molecule has 4 rings (SSSR count). The molecule has 0 saturated heterocycles. The largest absolute Gasteiger partial charge is 0.369 e. The van der Waals surface area contributed by atoms with Gasteiger partial charge in [0.1, 0.15) is 11.6 Å². The maximum Gasteiger partial charge on any atom is 0.228 e. The van der Waals surface area contributed by atoms with Crippen molar-refractivity contribution in [2.75, 3.05) is 0 Å². The van der Waals surface area contributed by atoms with Gasteiger partial charge in [-0.1, -0.05) is 29.6 Å². The van der Waals surface area contributed by atoms with E-state index in [1.807, 2.05) is 0 Å². The van der Waals surface area contributed by atoms with E-state index >= 15 is 0 Å². The number of rotatable bonds is 3. The smallest absolute Gasteiger partial charge is 0.228 e. The van der Waals surface area contributed by atoms with E-state index in [4.69, 9.17) is 34.2 Å². The maximum atomic E-state index is 13.1. The van der Waals surface area contributed by atoms with Crippen LogP contribution in [0.3, 0.4) is 0 Å². The van der Waals surface area contributed by atoms with Gasteiger partial charge in [0.05, 0.1) is 16.9 Å². The van der Waals surface area contributed by atoms with E-state index in [-0.39, 0.29) is 11.6 Å². The quantitative estimate of drug-likeness (QED) is 0.659. The minimum Gasteiger partial charge on any atom is -0.369 e. The number of amides is 1. The van der Waals surface area contributed by atoms with E-state index in [2.05, 4.69) is 6.07 Å². The number of nitrogens with zero attached hydrogens (tertiary/aromatic N) is 1. The number of halogens is 4. The normalized spacial score (nSPS) is 18.3. The molecule has 7 heteroatoms. The summed E-state index contributed by atoms with van der Waals surface area (Å²) in [6.45, 7) is 0. The highest BCUT2D eigenvalue weighted by atomic mass is 35.5. The molecule has 2 aromatic rings. The Bertz CT molecular complexity index is 979. The number of benzene rings is 2. The van der Waals surface area contributed by atoms with Crippen LogP contribution < -0.4 is 5.73 Å². The summed E-state index contributed by atoms with van der Waals surface area (Å²) >= 11 is 11.9. The Balaban J connectivity index is 0.000000166. The van der Waals surface area contributed by atoms with Crippen LogP contribution in [0, 0.1) is 23.0 Å². The number of hydrogen-bond donors (Lipinski definition) is 1. The lowest BCUT2D eigenvalue weighted by Crippen LogP contribution is -2.47. The highest BCUT2D eigenvalue weighted by molar-refractivity contribution is 6.32. The first-order valence-corrected chi connectivity index (χ1v) is 10.1. The summed E-state index contributed by atoms with van der Waals surface area (Å²) in [5.74, 6) is -1.13. The van der Waals surface area contributed by atoms with Gasteiger partial charge in [-0.05, 0) is 79.6 Å². The van der Waals surface area contributed by atoms with Crippen molar-refractivity contribution in [3.8, 4) is 6.07 Å². The van der Waals surface area contributed by atoms with Crippen molar-refractivity contribution in [2.24, 2.45) is 5.73 Å². The molecule has 2 aliphatic rings. The third kappa shape index (κ3) is 3.97. The summed E-state index contributed by atoms with van der Waals surface area (Å²) in [4.78, 5) is 11.4. The van der Waals surface area contributed by atoms with Gasteiger partial charge in [-0.3, -0.25) is 4.79 Å². The van der Waals surface area contributed by atoms with Crippen LogP contribution in [0.5, 0.6) is 0 Å². The molecule has 2 aliphatic carbocycles. The third-order valence-electron chi connectivity index (χ3n) is 5.99. The number of carbonyl (C=O) groups excluding carboxylic acids is 1. The van der Waals surface area contributed by atoms with Crippen LogP contribution in [0.25, 0.3) is 0 Å². The van der Waals surface area contributed by atoms with Crippen molar-refractivity contribution < 1.29 is 13.6 Å². The van der Waals surface area contributed by atoms with Gasteiger partial charge in [0, 0.05) is 10.0 Å². The molecule has 0 heterocycles. The molecular formula is C22H20Cl2F2N2O. The number of carbonyl (C=O) groups is 1. The fourth-order valence-electron chi connectivity index (χ4n) is 3.88. The molecule has 2 fully saturated rings. The monoisotopic (exact) mass is 436 g/mol. The Morgan fingerprint density at radius 3 is 1.79 bits per heavy atom. The highest BCUT2D eigenvalue weighted by Gasteiger charge is 2.45. The van der Waals surface area contributed by atoms with Crippen LogP contribution in [-0.4, -0.2) is 5.91 Å². The molecular weight excluding hydrogens is 417 g/mol. The first-order chi connectivity index (χ1) is 13.7. The zero-order valence-corrected chi connectivity index (χ0v) is 17.2. The summed E-state index contributed by atoms with van der Waals surface area (Å²) in [7, 11) is 0. The average Bonchev–Trinajstić information content (AvgIpc) is 2.60. The molecule has 0 spiro atoms. The van der Waals surface area contributed by atoms with E-state index in [0.717, 1.165) is 25.7 Å². The predicted molar refractivity (Wildman–Crippen MR) is 109 cm³/mol. The standard InChI is InChI=1S/C11H11ClFNO.C11H9ClFN/c12-9-3-2-7(13)6-8(9)11(10(14)15)4-1-5-11;12-10-3-2-8(13)6-9(10)11(7-14)4-1-5-11/h2-3,6H,1,4-5H2,(H2,14,15);2-3,6H,1,4-5H2. The molecule has 0 aromatic heterocycles. The van der Waals surface area contributed by atoms with Gasteiger partial charge in [-0.15, -0.1) is 0 Å². The summed E-state index contributed by atoms with van der Waals surface area (Å²) in [5, 5.41) is 9.98. The zero-order chi connectivity index (χ0) is 21.2. The summed E-state index contributed by atoms with van der Waals surface area (Å²) < 4.78 is 26.1. The Hall–Kier alpha value is -2.16. The second-order valence-corrected chi connectivity index (χ2v) is 8.41. The molecule has 0 unspecified atom stereocenters. The topological polar surface area (TPSA) is 66.9 Å². The predicted octanol–water partition coefficient (Wildman–Crippen LogP) is 5.81. The number of primary amides is 1. The van der Waals surface area contributed by atoms with Crippen LogP contribution in [0.1, 0.15) is 49.7 Å². The maximum absolute atomic E-state index is 13.1. The number of nitrogens with two attached hydrogens (primary N) is 1. The molecule has 2 aromatic carbocycles. The molecule has 1 amide bonds. The van der Waals surface area contributed by atoms with E-state index in [9.17, 15) is 13.6 Å². The fourth-order valence-corrected chi connectivity index (χ4v) is 4.48. The van der Waals surface area contributed by atoms with E-state index in [1.54, 1.807) is 0 Å². The van der Waals surface area contributed by atoms with Crippen molar-refractivity contribution in [3.05, 3.63) is 69.2 Å². The Kier molecular flexibility index (Phi) is 6.16. The van der Waals surface area contributed by atoms with Gasteiger partial charge in [0.15, 0.2) is 0 Å². The molecule has 0 bridgehead atoms. The lowest BCUT2D eigenvalue weighted by Gasteiger charge is -2.39. The van der Waals surface area contributed by atoms with Crippen molar-refractivity contribution in [3.63, 3.8) is 0 Å². The average molecular weight is 437 g/mol. The fraction of sp³-hybridized carbons (Fsp3) is 0.364. The minimum absolute atomic E-state index is 0.328. The van der Waals surface area contributed by atoms with Crippen LogP contribution >= 0.6 is 23.2 Å². The zero-order valence-electron chi connectivity index (χ0n) is 15.7. The molecule has 2 saturated carbocycles. The number of hydrogen-bond acceptors (Lipinski definition) is 2. The van der Waals surface area contributed by atoms with Crippen LogP contribution in [-0.2, 0) is 15.6 Å². The summed E-state index contributed by atoms with van der Waals surface area (Å²) in [6, 6.07) is 10.5. The van der Waals surface area contributed by atoms with Crippen LogP contribution in [0.15, 0.2) is 36.4 Å². The molecule has 0 radical (unpaired) electrons. The molecule has 0 atom stereocenters. The second kappa shape index (κ2) is 8.30. The minimum atomic E-state index is -0.737. The lowest BCUT2D eigenvalue weighted by atomic mass is 9.64. The summed E-state index contributed by atoms with van der Waals surface area (Å²) in [5.41, 5.74) is 5.27. The molecule has 2 N–H and O–H groups in total. The Morgan fingerprint density at radius 1 is 0.931 bits per heavy atom. The third-order valence-corrected chi connectivity index (χ3v) is 6.65. The Morgan fingerprint density at radius 2 is 1.41 bits per heavy atom. The van der Waals surface area contributed by atoms with Crippen molar-refractivity contribution >= 4 is 29.1 Å². The lowest BCUT2D eigenvalue weighted by molar-refractivity contribution is -0.126. The van der Waals surface area contributed by atoms with Gasteiger partial charge in [-0.25, -0.2) is 8.78 Å². The highest BCUT2D eigenvalue weighted by Crippen LogP contribution is 2.46. The number of nitriles is 1. The first-order valence-electron chi connectivity index (χ1n) is 9.36. The molecule has 152 valence electrons.